The Balaban J connectivity index is 1.58. The van der Waals surface area contributed by atoms with Gasteiger partial charge in [0.15, 0.2) is 0 Å². The molecule has 29 heavy (non-hydrogen) atoms. The van der Waals surface area contributed by atoms with Gasteiger partial charge < -0.3 is 16.0 Å². The smallest absolute Gasteiger partial charge is 0.313 e. The molecular formula is C21H24N6O2. The zero-order valence-corrected chi connectivity index (χ0v) is 16.5. The predicted molar refractivity (Wildman–Crippen MR) is 111 cm³/mol. The highest BCUT2D eigenvalue weighted by Gasteiger charge is 2.34. The minimum absolute atomic E-state index is 0.140. The van der Waals surface area contributed by atoms with Crippen molar-refractivity contribution in [1.82, 2.24) is 19.7 Å². The van der Waals surface area contributed by atoms with Crippen molar-refractivity contribution in [3.05, 3.63) is 48.3 Å². The number of aromatic nitrogens is 3. The number of rotatable bonds is 2. The first-order valence-electron chi connectivity index (χ1n) is 9.67. The molecule has 1 aliphatic rings. The fourth-order valence-electron chi connectivity index (χ4n) is 3.91. The summed E-state index contributed by atoms with van der Waals surface area (Å²) in [7, 11) is 1.90. The number of pyridine rings is 1. The maximum atomic E-state index is 13.0. The molecule has 2 atom stereocenters. The van der Waals surface area contributed by atoms with E-state index in [2.05, 4.69) is 28.4 Å². The number of piperidine rings is 1. The topological polar surface area (TPSA) is 106 Å². The zero-order valence-electron chi connectivity index (χ0n) is 16.5. The van der Waals surface area contributed by atoms with Gasteiger partial charge in [0.25, 0.3) is 0 Å². The van der Waals surface area contributed by atoms with Crippen LogP contribution in [-0.4, -0.2) is 38.0 Å². The first-order valence-corrected chi connectivity index (χ1v) is 9.67. The molecule has 2 amide bonds. The summed E-state index contributed by atoms with van der Waals surface area (Å²) in [5.74, 6) is -0.517. The van der Waals surface area contributed by atoms with Crippen LogP contribution in [0.1, 0.15) is 31.4 Å². The Morgan fingerprint density at radius 2 is 2.00 bits per heavy atom. The van der Waals surface area contributed by atoms with Gasteiger partial charge in [-0.2, -0.15) is 5.10 Å². The Morgan fingerprint density at radius 1 is 1.17 bits per heavy atom. The number of nitrogen functional groups attached to an aromatic ring is 1. The lowest BCUT2D eigenvalue weighted by atomic mass is 9.89. The number of fused-ring (bicyclic) bond motifs is 1. The molecule has 0 bridgehead atoms. The average molecular weight is 392 g/mol. The third-order valence-corrected chi connectivity index (χ3v) is 5.47. The lowest BCUT2D eigenvalue weighted by molar-refractivity contribution is -0.146. The van der Waals surface area contributed by atoms with E-state index in [1.807, 2.05) is 30.1 Å². The highest BCUT2D eigenvalue weighted by Crippen LogP contribution is 2.34. The second-order valence-corrected chi connectivity index (χ2v) is 7.67. The largest absolute Gasteiger partial charge is 0.384 e. The fourth-order valence-corrected chi connectivity index (χ4v) is 3.91. The molecule has 3 aromatic rings. The van der Waals surface area contributed by atoms with Crippen LogP contribution in [0.25, 0.3) is 10.9 Å². The number of carbonyl (C=O) groups excluding carboxylic acids is 2. The molecule has 3 N–H and O–H groups in total. The van der Waals surface area contributed by atoms with Gasteiger partial charge in [-0.05, 0) is 48.6 Å². The van der Waals surface area contributed by atoms with E-state index >= 15 is 0 Å². The number of likely N-dealkylation sites (tertiary alicyclic amines) is 1. The summed E-state index contributed by atoms with van der Waals surface area (Å²) in [4.78, 5) is 31.3. The van der Waals surface area contributed by atoms with E-state index in [1.54, 1.807) is 17.0 Å². The fraction of sp³-hybridized carbons (Fsp3) is 0.333. The molecule has 2 aromatic heterocycles. The van der Waals surface area contributed by atoms with E-state index in [0.717, 1.165) is 29.3 Å². The molecule has 4 rings (SSSR count). The number of carbonyl (C=O) groups is 2. The van der Waals surface area contributed by atoms with Crippen molar-refractivity contribution >= 4 is 34.2 Å². The standard InChI is InChI=1S/C21H24N6O2/c1-13-3-6-18(14-4-7-17-15(9-14)10-24-26(17)2)27(12-13)21(29)20(28)25-16-5-8-19(22)23-11-16/h4-5,7-11,13,18H,3,6,12H2,1-2H3,(H2,22,23)(H,25,28)/t13-,18+/m1/s1. The van der Waals surface area contributed by atoms with Gasteiger partial charge in [-0.25, -0.2) is 4.98 Å². The Hall–Kier alpha value is -3.42. The van der Waals surface area contributed by atoms with Crippen molar-refractivity contribution < 1.29 is 9.59 Å². The van der Waals surface area contributed by atoms with Crippen LogP contribution in [0.3, 0.4) is 0 Å². The highest BCUT2D eigenvalue weighted by molar-refractivity contribution is 6.39. The van der Waals surface area contributed by atoms with Crippen molar-refractivity contribution in [2.75, 3.05) is 17.6 Å². The molecule has 0 spiro atoms. The summed E-state index contributed by atoms with van der Waals surface area (Å²) in [6.07, 6.45) is 5.07. The number of amides is 2. The Morgan fingerprint density at radius 3 is 2.76 bits per heavy atom. The first-order chi connectivity index (χ1) is 13.9. The Kier molecular flexibility index (Phi) is 4.92. The molecule has 0 saturated carbocycles. The molecule has 0 radical (unpaired) electrons. The van der Waals surface area contributed by atoms with Gasteiger partial charge in [0.2, 0.25) is 0 Å². The van der Waals surface area contributed by atoms with Crippen LogP contribution in [0.15, 0.2) is 42.7 Å². The monoisotopic (exact) mass is 392 g/mol. The lowest BCUT2D eigenvalue weighted by Gasteiger charge is -2.38. The van der Waals surface area contributed by atoms with Gasteiger partial charge in [0, 0.05) is 19.0 Å². The van der Waals surface area contributed by atoms with Gasteiger partial charge in [-0.15, -0.1) is 0 Å². The van der Waals surface area contributed by atoms with E-state index in [1.165, 1.54) is 6.20 Å². The molecule has 1 fully saturated rings. The number of nitrogens with zero attached hydrogens (tertiary/aromatic N) is 4. The van der Waals surface area contributed by atoms with Gasteiger partial charge in [-0.3, -0.25) is 14.3 Å². The van der Waals surface area contributed by atoms with Crippen LogP contribution < -0.4 is 11.1 Å². The van der Waals surface area contributed by atoms with E-state index < -0.39 is 11.8 Å². The minimum Gasteiger partial charge on any atom is -0.384 e. The van der Waals surface area contributed by atoms with Crippen LogP contribution in [0.4, 0.5) is 11.5 Å². The molecule has 3 heterocycles. The molecular weight excluding hydrogens is 368 g/mol. The highest BCUT2D eigenvalue weighted by atomic mass is 16.2. The molecule has 8 nitrogen and oxygen atoms in total. The Labute approximate surface area is 168 Å². The number of nitrogens with one attached hydrogen (secondary N) is 1. The first kappa shape index (κ1) is 18.9. The number of aryl methyl sites for hydroxylation is 1. The maximum Gasteiger partial charge on any atom is 0.313 e. The molecule has 150 valence electrons. The third kappa shape index (κ3) is 3.78. The summed E-state index contributed by atoms with van der Waals surface area (Å²) in [5, 5.41) is 7.93. The minimum atomic E-state index is -0.668. The van der Waals surface area contributed by atoms with Crippen molar-refractivity contribution in [2.45, 2.75) is 25.8 Å². The predicted octanol–water partition coefficient (Wildman–Crippen LogP) is 2.49. The van der Waals surface area contributed by atoms with Gasteiger partial charge in [0.1, 0.15) is 5.82 Å². The number of hydrogen-bond donors (Lipinski definition) is 2. The van der Waals surface area contributed by atoms with E-state index in [4.69, 9.17) is 5.73 Å². The summed E-state index contributed by atoms with van der Waals surface area (Å²) >= 11 is 0. The quantitative estimate of drug-likeness (QED) is 0.652. The maximum absolute atomic E-state index is 13.0. The summed E-state index contributed by atoms with van der Waals surface area (Å²) in [6.45, 7) is 2.64. The summed E-state index contributed by atoms with van der Waals surface area (Å²) < 4.78 is 1.82. The second-order valence-electron chi connectivity index (χ2n) is 7.67. The normalized spacial score (nSPS) is 19.3. The third-order valence-electron chi connectivity index (χ3n) is 5.47. The molecule has 0 unspecified atom stereocenters. The van der Waals surface area contributed by atoms with Crippen LogP contribution in [0.5, 0.6) is 0 Å². The summed E-state index contributed by atoms with van der Waals surface area (Å²) in [6, 6.07) is 9.16. The van der Waals surface area contributed by atoms with E-state index in [-0.39, 0.29) is 6.04 Å². The van der Waals surface area contributed by atoms with Gasteiger partial charge in [0.05, 0.1) is 29.6 Å². The van der Waals surface area contributed by atoms with Crippen molar-refractivity contribution in [3.63, 3.8) is 0 Å². The molecule has 1 aliphatic heterocycles. The van der Waals surface area contributed by atoms with Crippen LogP contribution in [-0.2, 0) is 16.6 Å². The molecule has 1 aromatic carbocycles. The van der Waals surface area contributed by atoms with Crippen molar-refractivity contribution in [2.24, 2.45) is 13.0 Å². The zero-order chi connectivity index (χ0) is 20.5. The Bertz CT molecular complexity index is 1060. The average Bonchev–Trinajstić information content (AvgIpc) is 3.09. The number of hydrogen-bond acceptors (Lipinski definition) is 5. The van der Waals surface area contributed by atoms with E-state index in [9.17, 15) is 9.59 Å². The van der Waals surface area contributed by atoms with Gasteiger partial charge >= 0.3 is 11.8 Å². The van der Waals surface area contributed by atoms with Crippen LogP contribution >= 0.6 is 0 Å². The van der Waals surface area contributed by atoms with Crippen molar-refractivity contribution in [1.29, 1.82) is 0 Å². The number of nitrogens with two attached hydrogens (primary N) is 1. The van der Waals surface area contributed by atoms with Crippen molar-refractivity contribution in [3.8, 4) is 0 Å². The summed E-state index contributed by atoms with van der Waals surface area (Å²) in [5.41, 5.74) is 8.06. The molecule has 8 heteroatoms. The molecule has 0 aliphatic carbocycles. The van der Waals surface area contributed by atoms with Crippen LogP contribution in [0, 0.1) is 5.92 Å². The number of benzene rings is 1. The lowest BCUT2D eigenvalue weighted by Crippen LogP contribution is -2.46. The number of anilines is 2. The molecule has 1 saturated heterocycles. The van der Waals surface area contributed by atoms with Crippen LogP contribution in [0.2, 0.25) is 0 Å². The van der Waals surface area contributed by atoms with Gasteiger partial charge in [-0.1, -0.05) is 13.0 Å². The van der Waals surface area contributed by atoms with E-state index in [0.29, 0.717) is 24.0 Å². The SMILES string of the molecule is C[C@@H]1CC[C@@H](c2ccc3c(cnn3C)c2)N(C(=O)C(=O)Nc2ccc(N)nc2)C1. The second kappa shape index (κ2) is 7.54.